The van der Waals surface area contributed by atoms with Crippen LogP contribution in [0.2, 0.25) is 0 Å². The minimum atomic E-state index is -0.338. The third kappa shape index (κ3) is 3.96. The number of pyridine rings is 1. The molecular weight excluding hydrogens is 406 g/mol. The minimum Gasteiger partial charge on any atom is -0.497 e. The molecule has 1 N–H and O–H groups in total. The van der Waals surface area contributed by atoms with Crippen LogP contribution in [0.5, 0.6) is 17.4 Å². The first kappa shape index (κ1) is 21.9. The molecule has 1 aliphatic heterocycles. The largest absolute Gasteiger partial charge is 0.497 e. The number of benzene rings is 2. The Kier molecular flexibility index (Phi) is 6.46. The van der Waals surface area contributed by atoms with Gasteiger partial charge in [-0.15, -0.1) is 0 Å². The minimum absolute atomic E-state index is 0.178. The second-order valence-corrected chi connectivity index (χ2v) is 7.88. The smallest absolute Gasteiger partial charge is 0.265 e. The van der Waals surface area contributed by atoms with Crippen LogP contribution in [0.1, 0.15) is 25.3 Å². The van der Waals surface area contributed by atoms with Crippen LogP contribution < -0.4 is 15.0 Å². The van der Waals surface area contributed by atoms with Crippen molar-refractivity contribution in [3.63, 3.8) is 0 Å². The summed E-state index contributed by atoms with van der Waals surface area (Å²) in [6.07, 6.45) is 3.99. The first-order chi connectivity index (χ1) is 15.6. The molecular formula is C25H29N3O4. The van der Waals surface area contributed by atoms with Crippen molar-refractivity contribution in [1.82, 2.24) is 9.47 Å². The number of nitrogens with zero attached hydrogens (tertiary/aromatic N) is 3. The number of aromatic hydroxyl groups is 1. The van der Waals surface area contributed by atoms with Crippen LogP contribution in [-0.2, 0) is 0 Å². The zero-order valence-electron chi connectivity index (χ0n) is 18.7. The molecule has 1 aromatic heterocycles. The van der Waals surface area contributed by atoms with Crippen LogP contribution in [0.3, 0.4) is 0 Å². The van der Waals surface area contributed by atoms with E-state index in [2.05, 4.69) is 16.8 Å². The first-order valence-corrected chi connectivity index (χ1v) is 10.9. The van der Waals surface area contributed by atoms with E-state index >= 15 is 0 Å². The number of aromatic nitrogens is 1. The average molecular weight is 436 g/mol. The molecule has 0 bridgehead atoms. The van der Waals surface area contributed by atoms with E-state index in [1.54, 1.807) is 37.6 Å². The van der Waals surface area contributed by atoms with Crippen LogP contribution in [0.15, 0.2) is 52.3 Å². The van der Waals surface area contributed by atoms with Crippen molar-refractivity contribution < 1.29 is 14.6 Å². The Labute approximate surface area is 187 Å². The summed E-state index contributed by atoms with van der Waals surface area (Å²) in [5.41, 5.74) is 0.573. The first-order valence-electron chi connectivity index (χ1n) is 10.9. The van der Waals surface area contributed by atoms with Crippen molar-refractivity contribution >= 4 is 17.0 Å². The summed E-state index contributed by atoms with van der Waals surface area (Å²) in [6, 6.07) is 12.8. The summed E-state index contributed by atoms with van der Waals surface area (Å²) in [7, 11) is 3.08. The number of likely N-dealkylation sites (tertiary alicyclic amines) is 1. The Bertz CT molecular complexity index is 1200. The molecule has 1 unspecified atom stereocenters. The molecule has 4 rings (SSSR count). The van der Waals surface area contributed by atoms with Gasteiger partial charge in [0.05, 0.1) is 32.0 Å². The highest BCUT2D eigenvalue weighted by Gasteiger charge is 2.23. The molecule has 2 heterocycles. The second kappa shape index (κ2) is 9.44. The van der Waals surface area contributed by atoms with Crippen LogP contribution in [0, 0.1) is 0 Å². The summed E-state index contributed by atoms with van der Waals surface area (Å²) in [5, 5.41) is 12.4. The number of hydrogen-bond acceptors (Lipinski definition) is 6. The van der Waals surface area contributed by atoms with Crippen molar-refractivity contribution in [1.29, 1.82) is 0 Å². The highest BCUT2D eigenvalue weighted by molar-refractivity contribution is 6.01. The molecule has 168 valence electrons. The Balaban J connectivity index is 1.86. The summed E-state index contributed by atoms with van der Waals surface area (Å²) in [5.74, 6) is 0.824. The molecule has 7 nitrogen and oxygen atoms in total. The Morgan fingerprint density at radius 3 is 2.66 bits per heavy atom. The Morgan fingerprint density at radius 1 is 1.16 bits per heavy atom. The van der Waals surface area contributed by atoms with Gasteiger partial charge in [-0.3, -0.25) is 14.7 Å². The summed E-state index contributed by atoms with van der Waals surface area (Å²) in [4.78, 5) is 20.5. The molecule has 2 aromatic carbocycles. The van der Waals surface area contributed by atoms with Crippen LogP contribution in [0.4, 0.5) is 0 Å². The quantitative estimate of drug-likeness (QED) is 0.574. The number of fused-ring (bicyclic) bond motifs is 1. The zero-order chi connectivity index (χ0) is 22.7. The highest BCUT2D eigenvalue weighted by atomic mass is 16.5. The Morgan fingerprint density at radius 2 is 1.94 bits per heavy atom. The predicted octanol–water partition coefficient (Wildman–Crippen LogP) is 3.62. The molecule has 0 amide bonds. The van der Waals surface area contributed by atoms with Gasteiger partial charge in [0.1, 0.15) is 11.5 Å². The molecule has 32 heavy (non-hydrogen) atoms. The van der Waals surface area contributed by atoms with E-state index in [1.165, 1.54) is 18.1 Å². The maximum Gasteiger partial charge on any atom is 0.265 e. The van der Waals surface area contributed by atoms with Gasteiger partial charge in [0.15, 0.2) is 0 Å². The lowest BCUT2D eigenvalue weighted by molar-refractivity contribution is 0.273. The highest BCUT2D eigenvalue weighted by Crippen LogP contribution is 2.32. The van der Waals surface area contributed by atoms with Crippen LogP contribution in [0.25, 0.3) is 16.5 Å². The predicted molar refractivity (Wildman–Crippen MR) is 127 cm³/mol. The van der Waals surface area contributed by atoms with E-state index < -0.39 is 0 Å². The van der Waals surface area contributed by atoms with Gasteiger partial charge in [0, 0.05) is 29.1 Å². The molecule has 1 saturated heterocycles. The normalized spacial score (nSPS) is 16.8. The lowest BCUT2D eigenvalue weighted by atomic mass is 10.1. The molecule has 1 fully saturated rings. The maximum atomic E-state index is 13.4. The topological polar surface area (TPSA) is 76.3 Å². The number of methoxy groups -OCH3 is 2. The molecule has 0 aliphatic carbocycles. The SMILES string of the molecule is CCN1CCCC1CN=Cc1c(O)n(-c2cc(OC)ccc2OC)c(=O)c2ccccc12. The molecule has 1 aliphatic rings. The monoisotopic (exact) mass is 435 g/mol. The fourth-order valence-electron chi connectivity index (χ4n) is 4.47. The third-order valence-electron chi connectivity index (χ3n) is 6.17. The summed E-state index contributed by atoms with van der Waals surface area (Å²) >= 11 is 0. The molecule has 7 heteroatoms. The van der Waals surface area contributed by atoms with Gasteiger partial charge in [-0.2, -0.15) is 0 Å². The van der Waals surface area contributed by atoms with Crippen molar-refractivity contribution in [2.24, 2.45) is 4.99 Å². The van der Waals surface area contributed by atoms with Crippen molar-refractivity contribution in [2.45, 2.75) is 25.8 Å². The summed E-state index contributed by atoms with van der Waals surface area (Å²) in [6.45, 7) is 4.93. The van der Waals surface area contributed by atoms with E-state index in [-0.39, 0.29) is 11.4 Å². The average Bonchev–Trinajstić information content (AvgIpc) is 3.28. The third-order valence-corrected chi connectivity index (χ3v) is 6.17. The zero-order valence-corrected chi connectivity index (χ0v) is 18.7. The lowest BCUT2D eigenvalue weighted by Crippen LogP contribution is -2.31. The van der Waals surface area contributed by atoms with Gasteiger partial charge >= 0.3 is 0 Å². The fourth-order valence-corrected chi connectivity index (χ4v) is 4.47. The number of ether oxygens (including phenoxy) is 2. The standard InChI is InChI=1S/C25H29N3O4/c1-4-27-13-7-8-17(27)15-26-16-21-19-9-5-6-10-20(19)24(29)28(25(21)30)22-14-18(31-2)11-12-23(22)32-3/h5-6,9-12,14,16-17,30H,4,7-8,13,15H2,1-3H3. The summed E-state index contributed by atoms with van der Waals surface area (Å²) < 4.78 is 12.1. The van der Waals surface area contributed by atoms with Gasteiger partial charge in [-0.25, -0.2) is 4.57 Å². The number of likely N-dealkylation sites (N-methyl/N-ethyl adjacent to an activating group) is 1. The molecule has 0 radical (unpaired) electrons. The number of aliphatic imine (C=N–C) groups is 1. The molecule has 3 aromatic rings. The van der Waals surface area contributed by atoms with Gasteiger partial charge in [-0.05, 0) is 44.1 Å². The van der Waals surface area contributed by atoms with Crippen molar-refractivity contribution in [3.05, 3.63) is 58.4 Å². The van der Waals surface area contributed by atoms with Gasteiger partial charge in [0.2, 0.25) is 5.88 Å². The molecule has 1 atom stereocenters. The lowest BCUT2D eigenvalue weighted by Gasteiger charge is -2.20. The molecule has 0 saturated carbocycles. The fraction of sp³-hybridized carbons (Fsp3) is 0.360. The van der Waals surface area contributed by atoms with E-state index in [9.17, 15) is 9.90 Å². The van der Waals surface area contributed by atoms with Gasteiger partial charge in [0.25, 0.3) is 5.56 Å². The van der Waals surface area contributed by atoms with E-state index in [1.807, 2.05) is 18.2 Å². The second-order valence-electron chi connectivity index (χ2n) is 7.88. The molecule has 0 spiro atoms. The van der Waals surface area contributed by atoms with Crippen LogP contribution in [-0.4, -0.2) is 60.7 Å². The van der Waals surface area contributed by atoms with Crippen molar-refractivity contribution in [2.75, 3.05) is 33.9 Å². The van der Waals surface area contributed by atoms with Gasteiger partial charge in [-0.1, -0.05) is 25.1 Å². The van der Waals surface area contributed by atoms with Crippen molar-refractivity contribution in [3.8, 4) is 23.1 Å². The van der Waals surface area contributed by atoms with Gasteiger partial charge < -0.3 is 14.6 Å². The van der Waals surface area contributed by atoms with Crippen LogP contribution >= 0.6 is 0 Å². The van der Waals surface area contributed by atoms with E-state index in [0.29, 0.717) is 46.1 Å². The Hall–Kier alpha value is -3.32. The van der Waals surface area contributed by atoms with E-state index in [4.69, 9.17) is 9.47 Å². The maximum absolute atomic E-state index is 13.4. The number of hydrogen-bond donors (Lipinski definition) is 1. The number of rotatable bonds is 7. The van der Waals surface area contributed by atoms with E-state index in [0.717, 1.165) is 19.5 Å².